The normalized spacial score (nSPS) is 16.6. The highest BCUT2D eigenvalue weighted by Gasteiger charge is 2.48. The highest BCUT2D eigenvalue weighted by Crippen LogP contribution is 2.40. The van der Waals surface area contributed by atoms with Crippen LogP contribution >= 0.6 is 11.3 Å². The maximum Gasteiger partial charge on any atom is 0.144 e. The molecule has 1 fully saturated rings. The lowest BCUT2D eigenvalue weighted by Crippen LogP contribution is -2.61. The molecule has 0 spiro atoms. The van der Waals surface area contributed by atoms with Gasteiger partial charge in [0.2, 0.25) is 0 Å². The number of methoxy groups -OCH3 is 1. The van der Waals surface area contributed by atoms with Crippen molar-refractivity contribution in [1.29, 1.82) is 0 Å². The van der Waals surface area contributed by atoms with Gasteiger partial charge in [0.1, 0.15) is 22.1 Å². The number of nitrogens with zero attached hydrogens (tertiary/aromatic N) is 5. The number of aromatic nitrogens is 4. The standard InChI is InChI=1S/C17H21N5OS/c1-5-12-8-13-15(19-11(2)20-16(13)24-12)22-9-17(10-22,23-4)14-6-7-18-21(14)3/h6-8H,5,9-10H2,1-4H3. The Labute approximate surface area is 145 Å². The summed E-state index contributed by atoms with van der Waals surface area (Å²) in [5.41, 5.74) is 0.780. The molecule has 3 aromatic heterocycles. The van der Waals surface area contributed by atoms with Crippen LogP contribution in [0.3, 0.4) is 0 Å². The maximum atomic E-state index is 5.88. The van der Waals surface area contributed by atoms with Crippen molar-refractivity contribution in [2.24, 2.45) is 7.05 Å². The summed E-state index contributed by atoms with van der Waals surface area (Å²) in [6, 6.07) is 4.26. The summed E-state index contributed by atoms with van der Waals surface area (Å²) < 4.78 is 7.77. The van der Waals surface area contributed by atoms with E-state index in [-0.39, 0.29) is 5.60 Å². The Bertz CT molecular complexity index is 894. The fourth-order valence-corrected chi connectivity index (χ4v) is 4.42. The number of hydrogen-bond donors (Lipinski definition) is 0. The summed E-state index contributed by atoms with van der Waals surface area (Å²) in [6.07, 6.45) is 2.84. The van der Waals surface area contributed by atoms with Gasteiger partial charge in [0.15, 0.2) is 0 Å². The molecule has 7 heteroatoms. The van der Waals surface area contributed by atoms with Gasteiger partial charge in [0, 0.05) is 25.2 Å². The summed E-state index contributed by atoms with van der Waals surface area (Å²) in [7, 11) is 3.73. The van der Waals surface area contributed by atoms with Gasteiger partial charge in [-0.1, -0.05) is 6.92 Å². The molecule has 4 heterocycles. The third kappa shape index (κ3) is 2.22. The van der Waals surface area contributed by atoms with E-state index < -0.39 is 0 Å². The van der Waals surface area contributed by atoms with Crippen LogP contribution in [0.15, 0.2) is 18.3 Å². The van der Waals surface area contributed by atoms with Crippen molar-refractivity contribution in [3.63, 3.8) is 0 Å². The zero-order valence-corrected chi connectivity index (χ0v) is 15.2. The molecular formula is C17H21N5OS. The predicted molar refractivity (Wildman–Crippen MR) is 95.6 cm³/mol. The molecule has 0 unspecified atom stereocenters. The van der Waals surface area contributed by atoms with Crippen LogP contribution in [0.1, 0.15) is 23.3 Å². The van der Waals surface area contributed by atoms with E-state index in [9.17, 15) is 0 Å². The molecule has 1 aliphatic rings. The van der Waals surface area contributed by atoms with E-state index in [4.69, 9.17) is 9.72 Å². The van der Waals surface area contributed by atoms with Crippen molar-refractivity contribution in [3.8, 4) is 0 Å². The van der Waals surface area contributed by atoms with Crippen molar-refractivity contribution in [2.45, 2.75) is 25.9 Å². The van der Waals surface area contributed by atoms with Crippen LogP contribution in [-0.2, 0) is 23.8 Å². The molecule has 126 valence electrons. The third-order valence-corrected chi connectivity index (χ3v) is 5.93. The van der Waals surface area contributed by atoms with Crippen LogP contribution in [0.5, 0.6) is 0 Å². The van der Waals surface area contributed by atoms with Crippen LogP contribution in [-0.4, -0.2) is 39.9 Å². The average molecular weight is 343 g/mol. The highest BCUT2D eigenvalue weighted by atomic mass is 32.1. The van der Waals surface area contributed by atoms with Gasteiger partial charge in [-0.3, -0.25) is 4.68 Å². The first-order chi connectivity index (χ1) is 11.6. The second-order valence-corrected chi connectivity index (χ2v) is 7.39. The number of aryl methyl sites for hydroxylation is 3. The largest absolute Gasteiger partial charge is 0.368 e. The molecule has 24 heavy (non-hydrogen) atoms. The van der Waals surface area contributed by atoms with Crippen molar-refractivity contribution >= 4 is 27.4 Å². The van der Waals surface area contributed by atoms with Crippen LogP contribution in [0.25, 0.3) is 10.2 Å². The second-order valence-electron chi connectivity index (χ2n) is 6.27. The molecule has 0 amide bonds. The van der Waals surface area contributed by atoms with Gasteiger partial charge in [-0.2, -0.15) is 5.10 Å². The molecule has 0 saturated carbocycles. The van der Waals surface area contributed by atoms with Crippen molar-refractivity contribution < 1.29 is 4.74 Å². The molecule has 0 atom stereocenters. The molecule has 0 N–H and O–H groups in total. The summed E-state index contributed by atoms with van der Waals surface area (Å²) >= 11 is 1.76. The summed E-state index contributed by atoms with van der Waals surface area (Å²) in [5, 5.41) is 5.43. The van der Waals surface area contributed by atoms with Crippen molar-refractivity contribution in [2.75, 3.05) is 25.1 Å². The number of rotatable bonds is 4. The summed E-state index contributed by atoms with van der Waals surface area (Å²) in [4.78, 5) is 14.0. The van der Waals surface area contributed by atoms with Gasteiger partial charge >= 0.3 is 0 Å². The number of ether oxygens (including phenoxy) is 1. The van der Waals surface area contributed by atoms with E-state index >= 15 is 0 Å². The second kappa shape index (κ2) is 5.53. The van der Waals surface area contributed by atoms with Crippen LogP contribution in [0, 0.1) is 6.92 Å². The Hall–Kier alpha value is -1.99. The molecule has 1 saturated heterocycles. The smallest absolute Gasteiger partial charge is 0.144 e. The van der Waals surface area contributed by atoms with Crippen molar-refractivity contribution in [3.05, 3.63) is 34.7 Å². The minimum Gasteiger partial charge on any atom is -0.368 e. The van der Waals surface area contributed by atoms with Gasteiger partial charge in [-0.25, -0.2) is 9.97 Å². The lowest BCUT2D eigenvalue weighted by Gasteiger charge is -2.49. The van der Waals surface area contributed by atoms with E-state index in [2.05, 4.69) is 28.0 Å². The highest BCUT2D eigenvalue weighted by molar-refractivity contribution is 7.18. The molecule has 0 aliphatic carbocycles. The minimum atomic E-state index is -0.319. The Morgan fingerprint density at radius 2 is 2.12 bits per heavy atom. The van der Waals surface area contributed by atoms with Crippen molar-refractivity contribution in [1.82, 2.24) is 19.7 Å². The Balaban J connectivity index is 1.70. The van der Waals surface area contributed by atoms with Crippen LogP contribution in [0.4, 0.5) is 5.82 Å². The molecule has 1 aliphatic heterocycles. The topological polar surface area (TPSA) is 56.1 Å². The van der Waals surface area contributed by atoms with Crippen LogP contribution in [0.2, 0.25) is 0 Å². The molecule has 4 rings (SSSR count). The monoisotopic (exact) mass is 343 g/mol. The average Bonchev–Trinajstić information content (AvgIpc) is 3.13. The number of hydrogen-bond acceptors (Lipinski definition) is 6. The fourth-order valence-electron chi connectivity index (χ4n) is 3.41. The Kier molecular flexibility index (Phi) is 3.58. The lowest BCUT2D eigenvalue weighted by molar-refractivity contribution is -0.0446. The first-order valence-corrected chi connectivity index (χ1v) is 8.93. The Morgan fingerprint density at radius 1 is 1.33 bits per heavy atom. The van der Waals surface area contributed by atoms with Gasteiger partial charge in [-0.15, -0.1) is 11.3 Å². The van der Waals surface area contributed by atoms with Gasteiger partial charge in [0.25, 0.3) is 0 Å². The Morgan fingerprint density at radius 3 is 2.75 bits per heavy atom. The minimum absolute atomic E-state index is 0.319. The van der Waals surface area contributed by atoms with E-state index in [1.807, 2.05) is 30.9 Å². The molecule has 0 radical (unpaired) electrons. The molecule has 3 aromatic rings. The van der Waals surface area contributed by atoms with Crippen LogP contribution < -0.4 is 4.90 Å². The summed E-state index contributed by atoms with van der Waals surface area (Å²) in [6.45, 7) is 5.67. The van der Waals surface area contributed by atoms with Gasteiger partial charge in [0.05, 0.1) is 24.2 Å². The number of anilines is 1. The zero-order valence-electron chi connectivity index (χ0n) is 14.4. The molecule has 0 aromatic carbocycles. The maximum absolute atomic E-state index is 5.88. The molecule has 6 nitrogen and oxygen atoms in total. The SMILES string of the molecule is CCc1cc2c(N3CC(OC)(c4ccnn4C)C3)nc(C)nc2s1. The first-order valence-electron chi connectivity index (χ1n) is 8.12. The quantitative estimate of drug-likeness (QED) is 0.729. The first kappa shape index (κ1) is 15.5. The zero-order chi connectivity index (χ0) is 16.9. The molecule has 0 bridgehead atoms. The van der Waals surface area contributed by atoms with Gasteiger partial charge < -0.3 is 9.64 Å². The van der Waals surface area contributed by atoms with E-state index in [0.717, 1.165) is 47.1 Å². The van der Waals surface area contributed by atoms with Gasteiger partial charge in [-0.05, 0) is 25.5 Å². The van der Waals surface area contributed by atoms with E-state index in [1.165, 1.54) is 4.88 Å². The fraction of sp³-hybridized carbons (Fsp3) is 0.471. The van der Waals surface area contributed by atoms with E-state index in [0.29, 0.717) is 0 Å². The number of thiophene rings is 1. The van der Waals surface area contributed by atoms with E-state index in [1.54, 1.807) is 18.4 Å². The predicted octanol–water partition coefficient (Wildman–Crippen LogP) is 2.66. The number of fused-ring (bicyclic) bond motifs is 1. The lowest BCUT2D eigenvalue weighted by atomic mass is 9.89. The third-order valence-electron chi connectivity index (χ3n) is 4.75. The summed E-state index contributed by atoms with van der Waals surface area (Å²) in [5.74, 6) is 1.83. The molecular weight excluding hydrogens is 322 g/mol.